The minimum absolute atomic E-state index is 0.0141. The molecule has 0 aliphatic carbocycles. The molecule has 0 atom stereocenters. The molecule has 3 aromatic rings. The van der Waals surface area contributed by atoms with Crippen molar-refractivity contribution in [2.24, 2.45) is 0 Å². The lowest BCUT2D eigenvalue weighted by Crippen LogP contribution is -2.32. The molecule has 2 N–H and O–H groups in total. The third-order valence-corrected chi connectivity index (χ3v) is 4.16. The van der Waals surface area contributed by atoms with E-state index in [1.807, 2.05) is 0 Å². The molecule has 2 aromatic carbocycles. The smallest absolute Gasteiger partial charge is 0.449 e. The van der Waals surface area contributed by atoms with Crippen LogP contribution >= 0.6 is 0 Å². The molecule has 1 aliphatic rings. The van der Waals surface area contributed by atoms with E-state index in [9.17, 15) is 18.0 Å². The highest BCUT2D eigenvalue weighted by Crippen LogP contribution is 2.34. The van der Waals surface area contributed by atoms with Crippen LogP contribution in [0.3, 0.4) is 0 Å². The molecule has 1 aromatic heterocycles. The van der Waals surface area contributed by atoms with Crippen molar-refractivity contribution in [1.82, 2.24) is 14.9 Å². The van der Waals surface area contributed by atoms with Gasteiger partial charge in [-0.3, -0.25) is 0 Å². The first-order valence-corrected chi connectivity index (χ1v) is 8.39. The Balaban J connectivity index is 1.42. The largest absolute Gasteiger partial charge is 0.454 e. The number of anilines is 1. The van der Waals surface area contributed by atoms with E-state index in [-0.39, 0.29) is 25.4 Å². The van der Waals surface area contributed by atoms with Crippen molar-refractivity contribution < 1.29 is 27.4 Å². The summed E-state index contributed by atoms with van der Waals surface area (Å²) in [5.74, 6) is 0.0989. The average Bonchev–Trinajstić information content (AvgIpc) is 3.26. The summed E-state index contributed by atoms with van der Waals surface area (Å²) < 4.78 is 51.3. The number of urea groups is 1. The van der Waals surface area contributed by atoms with Crippen LogP contribution in [0.2, 0.25) is 0 Å². The van der Waals surface area contributed by atoms with E-state index >= 15 is 0 Å². The van der Waals surface area contributed by atoms with Crippen molar-refractivity contribution in [2.45, 2.75) is 12.7 Å². The van der Waals surface area contributed by atoms with E-state index in [2.05, 4.69) is 15.6 Å². The molecule has 0 spiro atoms. The van der Waals surface area contributed by atoms with Gasteiger partial charge in [0.25, 0.3) is 0 Å². The molecule has 0 saturated heterocycles. The highest BCUT2D eigenvalue weighted by Gasteiger charge is 2.37. The van der Waals surface area contributed by atoms with Crippen LogP contribution < -0.4 is 20.1 Å². The molecule has 146 valence electrons. The molecule has 0 radical (unpaired) electrons. The topological polar surface area (TPSA) is 77.4 Å². The lowest BCUT2D eigenvalue weighted by atomic mass is 10.3. The summed E-state index contributed by atoms with van der Waals surface area (Å²) in [7, 11) is 0. The van der Waals surface area contributed by atoms with Crippen molar-refractivity contribution in [3.8, 4) is 11.5 Å². The van der Waals surface area contributed by atoms with Crippen molar-refractivity contribution >= 4 is 22.8 Å². The van der Waals surface area contributed by atoms with Gasteiger partial charge in [0, 0.05) is 24.8 Å². The normalized spacial score (nSPS) is 13.0. The maximum absolute atomic E-state index is 13.3. The minimum atomic E-state index is -4.59. The number of carbonyl (C=O) groups is 1. The fourth-order valence-electron chi connectivity index (χ4n) is 2.95. The van der Waals surface area contributed by atoms with Crippen LogP contribution in [-0.4, -0.2) is 28.9 Å². The molecule has 10 heteroatoms. The molecular formula is C18H15F3N4O3. The van der Waals surface area contributed by atoms with Crippen LogP contribution in [0.5, 0.6) is 11.5 Å². The Bertz CT molecular complexity index is 1030. The maximum atomic E-state index is 13.3. The van der Waals surface area contributed by atoms with Crippen molar-refractivity contribution in [3.05, 3.63) is 48.3 Å². The van der Waals surface area contributed by atoms with E-state index < -0.39 is 18.0 Å². The number of alkyl halides is 3. The number of carbonyl (C=O) groups excluding carboxylic acids is 1. The zero-order chi connectivity index (χ0) is 19.7. The summed E-state index contributed by atoms with van der Waals surface area (Å²) in [6.45, 7) is 0.0229. The number of para-hydroxylation sites is 2. The fraction of sp³-hybridized carbons (Fsp3) is 0.222. The Morgan fingerprint density at radius 2 is 1.93 bits per heavy atom. The molecule has 2 heterocycles. The standard InChI is InChI=1S/C18H15F3N4O3/c19-18(20,21)16-24-12-3-1-2-4-13(12)25(16)8-7-22-17(26)23-11-5-6-14-15(9-11)28-10-27-14/h1-6,9H,7-8,10H2,(H2,22,23,26). The number of hydrogen-bond donors (Lipinski definition) is 2. The lowest BCUT2D eigenvalue weighted by molar-refractivity contribution is -0.146. The highest BCUT2D eigenvalue weighted by atomic mass is 19.4. The Kier molecular flexibility index (Phi) is 4.46. The third-order valence-electron chi connectivity index (χ3n) is 4.16. The predicted octanol–water partition coefficient (Wildman–Crippen LogP) is 3.61. The number of fused-ring (bicyclic) bond motifs is 2. The van der Waals surface area contributed by atoms with E-state index in [4.69, 9.17) is 9.47 Å². The van der Waals surface area contributed by atoms with E-state index in [0.29, 0.717) is 22.7 Å². The molecule has 0 saturated carbocycles. The average molecular weight is 392 g/mol. The molecule has 0 bridgehead atoms. The number of nitrogens with one attached hydrogen (secondary N) is 2. The van der Waals surface area contributed by atoms with Gasteiger partial charge >= 0.3 is 12.2 Å². The van der Waals surface area contributed by atoms with Crippen LogP contribution in [0.15, 0.2) is 42.5 Å². The third kappa shape index (κ3) is 3.53. The second-order valence-corrected chi connectivity index (χ2v) is 6.02. The number of amides is 2. The number of ether oxygens (including phenoxy) is 2. The molecule has 4 rings (SSSR count). The van der Waals surface area contributed by atoms with Gasteiger partial charge in [-0.05, 0) is 24.3 Å². The molecule has 2 amide bonds. The summed E-state index contributed by atoms with van der Waals surface area (Å²) in [6.07, 6.45) is -4.59. The predicted molar refractivity (Wildman–Crippen MR) is 94.3 cm³/mol. The van der Waals surface area contributed by atoms with Gasteiger partial charge in [-0.25, -0.2) is 9.78 Å². The molecule has 7 nitrogen and oxygen atoms in total. The summed E-state index contributed by atoms with van der Waals surface area (Å²) in [6, 6.07) is 10.7. The van der Waals surface area contributed by atoms with Gasteiger partial charge in [0.2, 0.25) is 12.6 Å². The Morgan fingerprint density at radius 1 is 1.14 bits per heavy atom. The Hall–Kier alpha value is -3.43. The Labute approximate surface area is 157 Å². The molecule has 28 heavy (non-hydrogen) atoms. The van der Waals surface area contributed by atoms with Gasteiger partial charge in [-0.15, -0.1) is 0 Å². The van der Waals surface area contributed by atoms with Gasteiger partial charge in [0.05, 0.1) is 11.0 Å². The van der Waals surface area contributed by atoms with Gasteiger partial charge in [0.1, 0.15) is 0 Å². The van der Waals surface area contributed by atoms with Crippen LogP contribution in [0, 0.1) is 0 Å². The van der Waals surface area contributed by atoms with Crippen LogP contribution in [0.25, 0.3) is 11.0 Å². The number of rotatable bonds is 4. The second kappa shape index (κ2) is 6.95. The minimum Gasteiger partial charge on any atom is -0.454 e. The number of halogens is 3. The second-order valence-electron chi connectivity index (χ2n) is 6.02. The van der Waals surface area contributed by atoms with Gasteiger partial charge in [-0.2, -0.15) is 13.2 Å². The van der Waals surface area contributed by atoms with Gasteiger partial charge in [0.15, 0.2) is 11.5 Å². The van der Waals surface area contributed by atoms with Crippen LogP contribution in [0.1, 0.15) is 5.82 Å². The first-order valence-electron chi connectivity index (χ1n) is 8.39. The number of benzene rings is 2. The van der Waals surface area contributed by atoms with E-state index in [1.54, 1.807) is 36.4 Å². The monoisotopic (exact) mass is 392 g/mol. The zero-order valence-corrected chi connectivity index (χ0v) is 14.4. The van der Waals surface area contributed by atoms with E-state index in [1.165, 1.54) is 6.07 Å². The maximum Gasteiger partial charge on any atom is 0.449 e. The summed E-state index contributed by atoms with van der Waals surface area (Å²) in [4.78, 5) is 15.7. The quantitative estimate of drug-likeness (QED) is 0.711. The van der Waals surface area contributed by atoms with Gasteiger partial charge in [-0.1, -0.05) is 12.1 Å². The van der Waals surface area contributed by atoms with Gasteiger partial charge < -0.3 is 24.7 Å². The summed E-state index contributed by atoms with van der Waals surface area (Å²) >= 11 is 0. The molecule has 1 aliphatic heterocycles. The van der Waals surface area contributed by atoms with E-state index in [0.717, 1.165) is 4.57 Å². The summed E-state index contributed by atoms with van der Waals surface area (Å²) in [5, 5.41) is 5.14. The fourth-order valence-corrected chi connectivity index (χ4v) is 2.95. The van der Waals surface area contributed by atoms with Crippen molar-refractivity contribution in [1.29, 1.82) is 0 Å². The number of hydrogen-bond acceptors (Lipinski definition) is 4. The van der Waals surface area contributed by atoms with Crippen LogP contribution in [0.4, 0.5) is 23.7 Å². The first-order chi connectivity index (χ1) is 13.4. The molecule has 0 unspecified atom stereocenters. The SMILES string of the molecule is O=C(NCCn1c(C(F)(F)F)nc2ccccc21)Nc1ccc2c(c1)OCO2. The first kappa shape index (κ1) is 18.0. The number of nitrogens with zero attached hydrogens (tertiary/aromatic N) is 2. The molecular weight excluding hydrogens is 377 g/mol. The Morgan fingerprint density at radius 3 is 2.75 bits per heavy atom. The lowest BCUT2D eigenvalue weighted by Gasteiger charge is -2.12. The number of imidazole rings is 1. The highest BCUT2D eigenvalue weighted by molar-refractivity contribution is 5.89. The molecule has 0 fully saturated rings. The number of aromatic nitrogens is 2. The van der Waals surface area contributed by atoms with Crippen molar-refractivity contribution in [2.75, 3.05) is 18.7 Å². The van der Waals surface area contributed by atoms with Crippen molar-refractivity contribution in [3.63, 3.8) is 0 Å². The zero-order valence-electron chi connectivity index (χ0n) is 14.4. The summed E-state index contributed by atoms with van der Waals surface area (Å²) in [5.41, 5.74) is 1.08. The van der Waals surface area contributed by atoms with Crippen LogP contribution in [-0.2, 0) is 12.7 Å².